The van der Waals surface area contributed by atoms with E-state index in [1.807, 2.05) is 30.3 Å². The van der Waals surface area contributed by atoms with Crippen LogP contribution < -0.4 is 5.32 Å². The Labute approximate surface area is 111 Å². The first kappa shape index (κ1) is 16.0. The van der Waals surface area contributed by atoms with Gasteiger partial charge in [-0.25, -0.2) is 0 Å². The zero-order chi connectivity index (χ0) is 14.7. The summed E-state index contributed by atoms with van der Waals surface area (Å²) in [5.41, 5.74) is 0.176. The lowest BCUT2D eigenvalue weighted by Crippen LogP contribution is -2.54. The first-order valence-corrected chi connectivity index (χ1v) is 6.14. The molecule has 0 fully saturated rings. The molecule has 0 aliphatic heterocycles. The molecule has 2 N–H and O–H groups in total. The van der Waals surface area contributed by atoms with E-state index >= 15 is 0 Å². The third-order valence-corrected chi connectivity index (χ3v) is 2.95. The summed E-state index contributed by atoms with van der Waals surface area (Å²) < 4.78 is 38.0. The number of aliphatic hydroxyl groups excluding tert-OH is 1. The van der Waals surface area contributed by atoms with E-state index in [0.717, 1.165) is 5.56 Å². The van der Waals surface area contributed by atoms with Crippen molar-refractivity contribution in [1.29, 1.82) is 0 Å². The molecule has 0 bridgehead atoms. The van der Waals surface area contributed by atoms with Crippen LogP contribution in [0.4, 0.5) is 13.2 Å². The van der Waals surface area contributed by atoms with Crippen LogP contribution >= 0.6 is 0 Å². The van der Waals surface area contributed by atoms with Crippen molar-refractivity contribution in [3.05, 3.63) is 35.9 Å². The lowest BCUT2D eigenvalue weighted by atomic mass is 9.83. The normalized spacial score (nSPS) is 16.2. The zero-order valence-electron chi connectivity index (χ0n) is 11.3. The van der Waals surface area contributed by atoms with E-state index in [0.29, 0.717) is 0 Å². The van der Waals surface area contributed by atoms with Crippen LogP contribution in [0.3, 0.4) is 0 Å². The minimum atomic E-state index is -4.62. The molecule has 0 aliphatic rings. The second-order valence-corrected chi connectivity index (χ2v) is 5.70. The summed E-state index contributed by atoms with van der Waals surface area (Å²) >= 11 is 0. The molecule has 2 atom stereocenters. The molecule has 0 spiro atoms. The molecule has 0 saturated carbocycles. The van der Waals surface area contributed by atoms with E-state index in [1.165, 1.54) is 0 Å². The van der Waals surface area contributed by atoms with E-state index < -0.39 is 23.7 Å². The fourth-order valence-electron chi connectivity index (χ4n) is 1.90. The Hall–Kier alpha value is -1.07. The van der Waals surface area contributed by atoms with Crippen molar-refractivity contribution in [3.63, 3.8) is 0 Å². The van der Waals surface area contributed by atoms with Gasteiger partial charge in [0.1, 0.15) is 0 Å². The van der Waals surface area contributed by atoms with Crippen LogP contribution in [0.15, 0.2) is 30.3 Å². The highest BCUT2D eigenvalue weighted by molar-refractivity contribution is 5.14. The van der Waals surface area contributed by atoms with Crippen LogP contribution in [0.2, 0.25) is 0 Å². The summed E-state index contributed by atoms with van der Waals surface area (Å²) in [7, 11) is 0. The van der Waals surface area contributed by atoms with Crippen LogP contribution in [-0.2, 0) is 6.54 Å². The molecule has 5 heteroatoms. The van der Waals surface area contributed by atoms with Gasteiger partial charge < -0.3 is 10.4 Å². The van der Waals surface area contributed by atoms with Crippen molar-refractivity contribution in [2.75, 3.05) is 0 Å². The van der Waals surface area contributed by atoms with Gasteiger partial charge in [-0.2, -0.15) is 13.2 Å². The van der Waals surface area contributed by atoms with Gasteiger partial charge in [-0.05, 0) is 11.0 Å². The quantitative estimate of drug-likeness (QED) is 0.885. The van der Waals surface area contributed by atoms with E-state index in [2.05, 4.69) is 5.32 Å². The second kappa shape index (κ2) is 5.92. The third-order valence-electron chi connectivity index (χ3n) is 2.95. The summed E-state index contributed by atoms with van der Waals surface area (Å²) in [6, 6.07) is 8.08. The topological polar surface area (TPSA) is 32.3 Å². The van der Waals surface area contributed by atoms with Crippen molar-refractivity contribution in [2.45, 2.75) is 45.6 Å². The largest absolute Gasteiger partial charge is 0.415 e. The number of aliphatic hydroxyl groups is 1. The second-order valence-electron chi connectivity index (χ2n) is 5.70. The number of alkyl halides is 3. The van der Waals surface area contributed by atoms with Gasteiger partial charge in [0.05, 0.1) is 0 Å². The smallest absolute Gasteiger partial charge is 0.382 e. The predicted octanol–water partition coefficient (Wildman–Crippen LogP) is 3.11. The van der Waals surface area contributed by atoms with Gasteiger partial charge >= 0.3 is 6.18 Å². The molecule has 0 unspecified atom stereocenters. The summed E-state index contributed by atoms with van der Waals surface area (Å²) in [6.45, 7) is 5.30. The van der Waals surface area contributed by atoms with Crippen LogP contribution in [0.1, 0.15) is 26.3 Å². The highest BCUT2D eigenvalue weighted by atomic mass is 19.4. The van der Waals surface area contributed by atoms with E-state index in [4.69, 9.17) is 0 Å². The fourth-order valence-corrected chi connectivity index (χ4v) is 1.90. The van der Waals surface area contributed by atoms with Crippen molar-refractivity contribution in [3.8, 4) is 0 Å². The summed E-state index contributed by atoms with van der Waals surface area (Å²) in [4.78, 5) is 0. The monoisotopic (exact) mass is 275 g/mol. The lowest BCUT2D eigenvalue weighted by Gasteiger charge is -2.36. The van der Waals surface area contributed by atoms with Gasteiger partial charge in [-0.3, -0.25) is 0 Å². The number of rotatable bonds is 4. The summed E-state index contributed by atoms with van der Waals surface area (Å²) in [5.74, 6) is 0. The SMILES string of the molecule is CC(C)(C)[C@H](NCc1ccccc1)[C@H](O)C(F)(F)F. The first-order valence-electron chi connectivity index (χ1n) is 6.14. The standard InChI is InChI=1S/C14H20F3NO/c1-13(2,3)11(12(19)14(15,16)17)18-9-10-7-5-4-6-8-10/h4-8,11-12,18-19H,9H2,1-3H3/t11-,12+/m1/s1. The van der Waals surface area contributed by atoms with Gasteiger partial charge in [0.25, 0.3) is 0 Å². The maximum Gasteiger partial charge on any atom is 0.415 e. The van der Waals surface area contributed by atoms with Gasteiger partial charge in [0.15, 0.2) is 6.10 Å². The minimum Gasteiger partial charge on any atom is -0.382 e. The lowest BCUT2D eigenvalue weighted by molar-refractivity contribution is -0.220. The molecule has 2 nitrogen and oxygen atoms in total. The Morgan fingerprint density at radius 2 is 1.63 bits per heavy atom. The van der Waals surface area contributed by atoms with Crippen LogP contribution in [0, 0.1) is 5.41 Å². The maximum absolute atomic E-state index is 12.7. The highest BCUT2D eigenvalue weighted by Gasteiger charge is 2.47. The van der Waals surface area contributed by atoms with Gasteiger partial charge in [-0.15, -0.1) is 0 Å². The highest BCUT2D eigenvalue weighted by Crippen LogP contribution is 2.31. The van der Waals surface area contributed by atoms with Crippen LogP contribution in [0.5, 0.6) is 0 Å². The van der Waals surface area contributed by atoms with Crippen molar-refractivity contribution in [2.24, 2.45) is 5.41 Å². The summed E-state index contributed by atoms with van der Waals surface area (Å²) in [6.07, 6.45) is -7.00. The van der Waals surface area contributed by atoms with Crippen LogP contribution in [-0.4, -0.2) is 23.4 Å². The van der Waals surface area contributed by atoms with Crippen molar-refractivity contribution in [1.82, 2.24) is 5.32 Å². The van der Waals surface area contributed by atoms with Gasteiger partial charge in [0, 0.05) is 12.6 Å². The number of benzene rings is 1. The third kappa shape index (κ3) is 4.84. The average molecular weight is 275 g/mol. The molecule has 1 rings (SSSR count). The molecule has 0 radical (unpaired) electrons. The van der Waals surface area contributed by atoms with Gasteiger partial charge in [-0.1, -0.05) is 51.1 Å². The Morgan fingerprint density at radius 1 is 1.11 bits per heavy atom. The number of nitrogens with one attached hydrogen (secondary N) is 1. The molecule has 1 aromatic carbocycles. The maximum atomic E-state index is 12.7. The molecular formula is C14H20F3NO. The van der Waals surface area contributed by atoms with Crippen molar-refractivity contribution >= 4 is 0 Å². The van der Waals surface area contributed by atoms with Gasteiger partial charge in [0.2, 0.25) is 0 Å². The molecule has 1 aromatic rings. The van der Waals surface area contributed by atoms with E-state index in [9.17, 15) is 18.3 Å². The van der Waals surface area contributed by atoms with E-state index in [1.54, 1.807) is 20.8 Å². The Balaban J connectivity index is 2.77. The number of hydrogen-bond acceptors (Lipinski definition) is 2. The Morgan fingerprint density at radius 3 is 2.05 bits per heavy atom. The molecule has 19 heavy (non-hydrogen) atoms. The average Bonchev–Trinajstić information content (AvgIpc) is 2.27. The van der Waals surface area contributed by atoms with E-state index in [-0.39, 0.29) is 6.54 Å². The summed E-state index contributed by atoms with van der Waals surface area (Å²) in [5, 5.41) is 12.3. The molecule has 108 valence electrons. The Bertz CT molecular complexity index is 384. The fraction of sp³-hybridized carbons (Fsp3) is 0.571. The molecule has 0 amide bonds. The van der Waals surface area contributed by atoms with Crippen LogP contribution in [0.25, 0.3) is 0 Å². The zero-order valence-corrected chi connectivity index (χ0v) is 11.3. The predicted molar refractivity (Wildman–Crippen MR) is 68.6 cm³/mol. The molecule has 0 heterocycles. The van der Waals surface area contributed by atoms with Crippen molar-refractivity contribution < 1.29 is 18.3 Å². The Kier molecular flexibility index (Phi) is 4.98. The molecule has 0 aromatic heterocycles. The molecule has 0 aliphatic carbocycles. The molecular weight excluding hydrogens is 255 g/mol. The first-order chi connectivity index (χ1) is 8.62. The number of hydrogen-bond donors (Lipinski definition) is 2. The number of halogens is 3. The minimum absolute atomic E-state index is 0.288. The molecule has 0 saturated heterocycles.